The molecule has 2 aliphatic carbocycles. The van der Waals surface area contributed by atoms with Crippen molar-refractivity contribution in [3.05, 3.63) is 95.2 Å². The van der Waals surface area contributed by atoms with Gasteiger partial charge < -0.3 is 92.9 Å². The number of amides is 2. The highest BCUT2D eigenvalue weighted by Gasteiger charge is 2.56. The Morgan fingerprint density at radius 1 is 0.473 bits per heavy atom. The van der Waals surface area contributed by atoms with E-state index in [0.29, 0.717) is 139 Å². The van der Waals surface area contributed by atoms with Crippen LogP contribution in [0.15, 0.2) is 100 Å². The number of esters is 2. The number of aliphatic hydroxyl groups excluding tert-OH is 2. The van der Waals surface area contributed by atoms with Crippen molar-refractivity contribution in [1.82, 2.24) is 9.80 Å². The Bertz CT molecular complexity index is 4470. The van der Waals surface area contributed by atoms with Crippen LogP contribution in [0.4, 0.5) is 0 Å². The lowest BCUT2D eigenvalue weighted by molar-refractivity contribution is -0.265. The fraction of sp³-hybridized carbons (Fsp3) is 0.739. The number of carbonyl (C=O) groups excluding carboxylic acids is 9. The number of allylic oxidation sites excluding steroid dienone is 12. The molecule has 6 aliphatic heterocycles. The smallest absolute Gasteiger partial charge is 0.329 e. The number of hydrogen-bond acceptors (Lipinski definition) is 29. The average Bonchev–Trinajstić information content (AvgIpc) is 0.773. The second-order valence-corrected chi connectivity index (χ2v) is 42.3. The van der Waals surface area contributed by atoms with Gasteiger partial charge in [-0.3, -0.25) is 45.2 Å². The topological polar surface area (TPSA) is 442 Å². The number of cyclic esters (lactones) is 2. The minimum Gasteiger partial charge on any atom is -0.460 e. The minimum atomic E-state index is -2.43. The maximum atomic E-state index is 14.7. The lowest BCUT2D eigenvalue weighted by Gasteiger charge is -2.42. The molecule has 2 amide bonds. The number of nitrogens with zero attached hydrogens (tertiary/aromatic N) is 3. The number of ether oxygens (including phenoxy) is 12. The van der Waals surface area contributed by atoms with Crippen LogP contribution in [0.2, 0.25) is 0 Å². The van der Waals surface area contributed by atoms with E-state index in [0.717, 1.165) is 68.9 Å². The standard InChI is InChI=1S/C57H89N3O12.C57H87NO13.CH4.H4N2/c1-12-13-14-20-29-70-47-27-25-43(33-50(47)68-10)32-39(5)49-35-45(59-58)38(4)31-41(7)52(62)53(69-11)51(61)40(6)30-36(2)21-16-15-17-22-37(3)48(67-9)34-44-26-24-42(8)57(66,72-44)54(63)55(64)60-28-19-18-23-46(60)56(65)71-49;1-12-13-14-20-29-69-47-27-25-43(33-50(47)67-10)32-39(5)49-35-46(59)38(4)31-41(7)52(61)53(68-11)51(60)40(6)30-36(2)21-16-15-17-22-37(3)48(66-9)34-44-26-24-42(8)57(65,71-44)54(62)55(63)58-28-19-18-23-45(58)56(64)70-49;;1-2/h1,15-17,21-22,31,36,38-40,42-44,46-50,52-53,62,66H,13-14,18-20,23-30,32-35,58H2,2-11H3;1,15-17,21-22,31,36,38-40,42-45,47-50,52-53,61,65H,13-14,18-20,23-30,32-35H2,2-11H3;1H4;1-2H2/b17-15+,21-16+,37-22+,41-31+,59-45-;17-15+,21-16+,37-22+,41-31+;;/t36-,38-,39-,40-,42-,43+,44+,46+,47-,48+,49+,50-,52-,53+,57-;36-,38-,39-,40-,42-,43+,44+,45+,47-,48+,49+,50-,52-,53+,57-;;/m11../s1. The lowest BCUT2D eigenvalue weighted by atomic mass is 9.78. The highest BCUT2D eigenvalue weighted by Crippen LogP contribution is 2.43. The van der Waals surface area contributed by atoms with Gasteiger partial charge in [-0.2, -0.15) is 5.10 Å². The van der Waals surface area contributed by atoms with Gasteiger partial charge in [-0.05, 0) is 240 Å². The molecule has 31 nitrogen and oxygen atoms in total. The molecule has 10 N–H and O–H groups in total. The Morgan fingerprint density at radius 3 is 1.23 bits per heavy atom. The van der Waals surface area contributed by atoms with Gasteiger partial charge in [0.15, 0.2) is 11.6 Å². The summed E-state index contributed by atoms with van der Waals surface area (Å²) in [6, 6.07) is -2.23. The van der Waals surface area contributed by atoms with Crippen molar-refractivity contribution >= 4 is 58.4 Å². The Balaban J connectivity index is 0.000000502. The van der Waals surface area contributed by atoms with Crippen molar-refractivity contribution in [2.75, 3.05) is 69.0 Å². The third-order valence-electron chi connectivity index (χ3n) is 31.2. The third-order valence-corrected chi connectivity index (χ3v) is 31.2. The van der Waals surface area contributed by atoms with Gasteiger partial charge in [0.05, 0.1) is 48.8 Å². The molecule has 8 aliphatic rings. The van der Waals surface area contributed by atoms with E-state index in [1.807, 2.05) is 123 Å². The number of hydrogen-bond donors (Lipinski definition) is 7. The van der Waals surface area contributed by atoms with Crippen LogP contribution in [0, 0.1) is 95.7 Å². The largest absolute Gasteiger partial charge is 0.460 e. The molecular formula is C115H184N6O25. The maximum absolute atomic E-state index is 14.7. The minimum absolute atomic E-state index is 0. The Hall–Kier alpha value is -7.90. The molecule has 4 bridgehead atoms. The van der Waals surface area contributed by atoms with Crippen LogP contribution in [-0.4, -0.2) is 267 Å². The molecule has 6 fully saturated rings. The van der Waals surface area contributed by atoms with Crippen molar-refractivity contribution in [2.45, 2.75) is 406 Å². The molecule has 0 radical (unpaired) electrons. The molecule has 30 atom stereocenters. The second kappa shape index (κ2) is 65.4. The Kier molecular flexibility index (Phi) is 57.6. The summed E-state index contributed by atoms with van der Waals surface area (Å²) in [4.78, 5) is 131. The number of methoxy groups -OCH3 is 6. The fourth-order valence-electron chi connectivity index (χ4n) is 21.9. The zero-order valence-corrected chi connectivity index (χ0v) is 90.7. The summed E-state index contributed by atoms with van der Waals surface area (Å²) in [6.45, 7) is 27.3. The Morgan fingerprint density at radius 2 is 0.863 bits per heavy atom. The number of carbonyl (C=O) groups is 9. The molecule has 8 rings (SSSR count). The molecule has 2 saturated carbocycles. The molecule has 4 saturated heterocycles. The van der Waals surface area contributed by atoms with E-state index in [2.05, 4.69) is 28.6 Å². The van der Waals surface area contributed by atoms with Gasteiger partial charge in [0.25, 0.3) is 23.4 Å². The summed E-state index contributed by atoms with van der Waals surface area (Å²) < 4.78 is 72.6. The predicted octanol–water partition coefficient (Wildman–Crippen LogP) is 15.2. The maximum Gasteiger partial charge on any atom is 0.329 e. The molecular weight excluding hydrogens is 1870 g/mol. The number of terminal acetylenes is 2. The van der Waals surface area contributed by atoms with Crippen molar-refractivity contribution in [2.24, 2.45) is 93.6 Å². The van der Waals surface area contributed by atoms with Crippen LogP contribution >= 0.6 is 0 Å². The van der Waals surface area contributed by atoms with E-state index >= 15 is 0 Å². The van der Waals surface area contributed by atoms with Crippen molar-refractivity contribution < 1.29 is 120 Å². The van der Waals surface area contributed by atoms with Crippen molar-refractivity contribution in [1.29, 1.82) is 0 Å². The molecule has 824 valence electrons. The van der Waals surface area contributed by atoms with Gasteiger partial charge >= 0.3 is 11.9 Å². The number of Topliss-reactive ketones (excluding diaryl/α,β-unsaturated/α-hetero) is 5. The number of hydrazine groups is 1. The first kappa shape index (κ1) is 129. The van der Waals surface area contributed by atoms with Gasteiger partial charge in [0.2, 0.25) is 11.6 Å². The SMILES string of the molecule is C.C#CCCCCO[C@@H]1CC[C@@H](C[C@@H](C)[C@@H]2C/C(=N/N)[C@H](C)/C=C(\C)[C@@H](O)[C@@H](OC)C(=O)[C@H](C)C[C@H](C)/C=C/C=C/C=C(\C)[C@@H](OC)C[C@@H]3CC[C@@H](C)[C@@](O)(O3)C(=O)C(=O)N3CCCC[C@H]3C(=O)O2)C[C@H]1OC.C#CCCCCO[C@@H]1CC[C@@H](C[C@@H](C)[C@@H]2CC(=O)[C@H](C)/C=C(\C)[C@@H](O)[C@@H](OC)C(=O)[C@H](C)C[C@H](C)/C=C/C=C/C=C(\C)[C@@H](OC)C[C@@H]3CC[C@@H](C)[C@@](O)(O3)C(=O)C(=O)N3CCCC[C@H]3C(=O)O2)C[C@H]1OC.NN. The second-order valence-electron chi connectivity index (χ2n) is 42.3. The van der Waals surface area contributed by atoms with E-state index in [4.69, 9.17) is 75.5 Å². The van der Waals surface area contributed by atoms with Gasteiger partial charge in [0, 0.05) is 149 Å². The predicted molar refractivity (Wildman–Crippen MR) is 565 cm³/mol. The van der Waals surface area contributed by atoms with Crippen LogP contribution in [0.25, 0.3) is 0 Å². The lowest BCUT2D eigenvalue weighted by Crippen LogP contribution is -2.61. The zero-order valence-electron chi connectivity index (χ0n) is 90.7. The number of fused-ring (bicyclic) bond motifs is 6. The number of unbranched alkanes of at least 4 members (excludes halogenated alkanes) is 4. The van der Waals surface area contributed by atoms with Crippen LogP contribution in [0.1, 0.15) is 297 Å². The van der Waals surface area contributed by atoms with Crippen LogP contribution in [0.5, 0.6) is 0 Å². The van der Waals surface area contributed by atoms with Crippen molar-refractivity contribution in [3.8, 4) is 24.7 Å². The van der Waals surface area contributed by atoms with E-state index < -0.39 is 156 Å². The number of piperidine rings is 2. The number of hydrazone groups is 1. The number of rotatable bonds is 22. The average molecular weight is 2050 g/mol. The first-order valence-corrected chi connectivity index (χ1v) is 53.3. The first-order chi connectivity index (χ1) is 69.1. The molecule has 31 heteroatoms. The van der Waals surface area contributed by atoms with E-state index in [9.17, 15) is 63.6 Å². The van der Waals surface area contributed by atoms with Gasteiger partial charge in [-0.15, -0.1) is 24.7 Å². The summed E-state index contributed by atoms with van der Waals surface area (Å²) in [5.74, 6) is 4.69. The summed E-state index contributed by atoms with van der Waals surface area (Å²) >= 11 is 0. The monoisotopic (exact) mass is 2050 g/mol. The number of aliphatic hydroxyl groups is 4. The summed E-state index contributed by atoms with van der Waals surface area (Å²) in [6.07, 6.45) is 41.9. The zero-order chi connectivity index (χ0) is 108. The summed E-state index contributed by atoms with van der Waals surface area (Å²) in [7, 11) is 9.36. The molecule has 0 aromatic carbocycles. The molecule has 0 spiro atoms. The molecule has 0 aromatic rings. The summed E-state index contributed by atoms with van der Waals surface area (Å²) in [5, 5.41) is 51.4. The quantitative estimate of drug-likeness (QED) is 0.0101. The van der Waals surface area contributed by atoms with Gasteiger partial charge in [-0.25, -0.2) is 9.59 Å². The fourth-order valence-corrected chi connectivity index (χ4v) is 21.9. The molecule has 0 unspecified atom stereocenters. The normalized spacial score (nSPS) is 37.2. The van der Waals surface area contributed by atoms with Crippen LogP contribution in [0.3, 0.4) is 0 Å². The third kappa shape index (κ3) is 37.9. The number of nitrogens with two attached hydrogens (primary N) is 3. The van der Waals surface area contributed by atoms with Gasteiger partial charge in [0.1, 0.15) is 54.5 Å². The first-order valence-electron chi connectivity index (χ1n) is 53.3. The summed E-state index contributed by atoms with van der Waals surface area (Å²) in [5.41, 5.74) is 3.15. The van der Waals surface area contributed by atoms with Crippen LogP contribution < -0.4 is 17.5 Å². The number of ketones is 5. The highest BCUT2D eigenvalue weighted by atomic mass is 16.6. The van der Waals surface area contributed by atoms with Crippen LogP contribution in [-0.2, 0) is 100.0 Å². The molecule has 6 heterocycles. The molecule has 146 heavy (non-hydrogen) atoms. The van der Waals surface area contributed by atoms with E-state index in [-0.39, 0.29) is 123 Å². The Labute approximate surface area is 872 Å². The van der Waals surface area contributed by atoms with E-state index in [1.165, 1.54) is 24.0 Å². The molecule has 0 aromatic heterocycles. The van der Waals surface area contributed by atoms with Crippen molar-refractivity contribution in [3.63, 3.8) is 0 Å². The van der Waals surface area contributed by atoms with E-state index in [1.54, 1.807) is 75.2 Å². The van der Waals surface area contributed by atoms with Gasteiger partial charge in [-0.1, -0.05) is 150 Å². The highest BCUT2D eigenvalue weighted by molar-refractivity contribution is 6.39.